The van der Waals surface area contributed by atoms with Crippen molar-refractivity contribution in [1.29, 1.82) is 0 Å². The highest BCUT2D eigenvalue weighted by molar-refractivity contribution is 6.41. The second-order valence-electron chi connectivity index (χ2n) is 6.64. The van der Waals surface area contributed by atoms with E-state index < -0.39 is 11.3 Å². The summed E-state index contributed by atoms with van der Waals surface area (Å²) in [5.74, 6) is 0.367. The predicted molar refractivity (Wildman–Crippen MR) is 105 cm³/mol. The van der Waals surface area contributed by atoms with Gasteiger partial charge >= 0.3 is 5.97 Å². The van der Waals surface area contributed by atoms with Crippen LogP contribution in [-0.4, -0.2) is 31.3 Å². The van der Waals surface area contributed by atoms with Crippen molar-refractivity contribution in [2.75, 3.05) is 14.2 Å². The third kappa shape index (κ3) is 6.49. The number of ether oxygens (including phenoxy) is 2. The van der Waals surface area contributed by atoms with E-state index in [9.17, 15) is 9.59 Å². The molecule has 0 aromatic heterocycles. The first-order chi connectivity index (χ1) is 12.3. The summed E-state index contributed by atoms with van der Waals surface area (Å²) in [5, 5.41) is -1.21. The summed E-state index contributed by atoms with van der Waals surface area (Å²) in [6.45, 7) is 6.29. The molecule has 4 nitrogen and oxygen atoms in total. The van der Waals surface area contributed by atoms with E-state index in [1.807, 2.05) is 6.92 Å². The van der Waals surface area contributed by atoms with Crippen LogP contribution in [0.4, 0.5) is 0 Å². The molecule has 0 heterocycles. The number of allylic oxidation sites excluding steroid dienone is 2. The largest absolute Gasteiger partial charge is 0.496 e. The fourth-order valence-corrected chi connectivity index (χ4v) is 2.96. The van der Waals surface area contributed by atoms with Crippen LogP contribution in [-0.2, 0) is 20.7 Å². The molecule has 0 amide bonds. The van der Waals surface area contributed by atoms with Crippen molar-refractivity contribution in [2.24, 2.45) is 0 Å². The Bertz CT molecular complexity index is 649. The molecule has 1 aromatic carbocycles. The van der Waals surface area contributed by atoms with Crippen molar-refractivity contribution in [2.45, 2.75) is 57.7 Å². The van der Waals surface area contributed by atoms with Crippen molar-refractivity contribution in [3.63, 3.8) is 0 Å². The topological polar surface area (TPSA) is 52.6 Å². The Balaban J connectivity index is 2.60. The Kier molecular flexibility index (Phi) is 9.42. The van der Waals surface area contributed by atoms with E-state index in [1.165, 1.54) is 18.2 Å². The zero-order valence-corrected chi connectivity index (χ0v) is 17.1. The van der Waals surface area contributed by atoms with Gasteiger partial charge in [0, 0.05) is 6.42 Å². The van der Waals surface area contributed by atoms with E-state index >= 15 is 0 Å². The summed E-state index contributed by atoms with van der Waals surface area (Å²) in [7, 11) is 2.93. The van der Waals surface area contributed by atoms with Crippen LogP contribution in [0.1, 0.15) is 57.1 Å². The monoisotopic (exact) mass is 380 g/mol. The fraction of sp³-hybridized carbons (Fsp3) is 0.524. The number of hydrogen-bond donors (Lipinski definition) is 0. The molecule has 0 radical (unpaired) electrons. The second kappa shape index (κ2) is 11.0. The van der Waals surface area contributed by atoms with Crippen molar-refractivity contribution in [1.82, 2.24) is 0 Å². The maximum absolute atomic E-state index is 11.9. The summed E-state index contributed by atoms with van der Waals surface area (Å²) in [6, 6.07) is 6.26. The molecular weight excluding hydrogens is 352 g/mol. The number of rotatable bonds is 10. The molecule has 0 aliphatic rings. The molecule has 0 aliphatic heterocycles. The van der Waals surface area contributed by atoms with Crippen LogP contribution in [0.3, 0.4) is 0 Å². The number of para-hydroxylation sites is 1. The molecule has 0 spiro atoms. The molecule has 1 aromatic rings. The number of alkyl halides is 1. The average Bonchev–Trinajstić information content (AvgIpc) is 2.64. The smallest absolute Gasteiger partial charge is 0.331 e. The zero-order valence-electron chi connectivity index (χ0n) is 16.3. The number of benzene rings is 1. The fourth-order valence-electron chi connectivity index (χ4n) is 2.76. The van der Waals surface area contributed by atoms with E-state index in [-0.39, 0.29) is 12.2 Å². The van der Waals surface area contributed by atoms with Crippen molar-refractivity contribution in [3.05, 3.63) is 41.0 Å². The third-order valence-corrected chi connectivity index (χ3v) is 4.74. The van der Waals surface area contributed by atoms with Crippen molar-refractivity contribution < 1.29 is 19.1 Å². The molecule has 0 aliphatic carbocycles. The summed E-state index contributed by atoms with van der Waals surface area (Å²) in [6.07, 6.45) is 4.67. The molecule has 144 valence electrons. The molecule has 26 heavy (non-hydrogen) atoms. The Morgan fingerprint density at radius 3 is 2.46 bits per heavy atom. The molecule has 1 unspecified atom stereocenters. The minimum Gasteiger partial charge on any atom is -0.496 e. The molecule has 0 fully saturated rings. The SMILES string of the molecule is COC(=O)C(Cl)C(=O)CC/C(C)=C/CCc1cccc(C(C)C)c1OC. The van der Waals surface area contributed by atoms with Crippen LogP contribution in [0.15, 0.2) is 29.8 Å². The molecule has 0 saturated carbocycles. The minimum atomic E-state index is -1.21. The van der Waals surface area contributed by atoms with Gasteiger partial charge in [0.25, 0.3) is 0 Å². The van der Waals surface area contributed by atoms with Gasteiger partial charge in [0.05, 0.1) is 14.2 Å². The summed E-state index contributed by atoms with van der Waals surface area (Å²) in [5.41, 5.74) is 3.50. The quantitative estimate of drug-likeness (QED) is 0.252. The Morgan fingerprint density at radius 1 is 1.19 bits per heavy atom. The highest BCUT2D eigenvalue weighted by Gasteiger charge is 2.23. The van der Waals surface area contributed by atoms with Gasteiger partial charge in [-0.25, -0.2) is 4.79 Å². The van der Waals surface area contributed by atoms with Crippen molar-refractivity contribution in [3.8, 4) is 5.75 Å². The first kappa shape index (κ1) is 22.2. The maximum Gasteiger partial charge on any atom is 0.331 e. The minimum absolute atomic E-state index is 0.234. The van der Waals surface area contributed by atoms with E-state index in [0.29, 0.717) is 12.3 Å². The molecule has 0 saturated heterocycles. The van der Waals surface area contributed by atoms with Crippen LogP contribution in [0.25, 0.3) is 0 Å². The van der Waals surface area contributed by atoms with Gasteiger partial charge in [-0.2, -0.15) is 0 Å². The average molecular weight is 381 g/mol. The van der Waals surface area contributed by atoms with E-state index in [1.54, 1.807) is 7.11 Å². The number of aryl methyl sites for hydroxylation is 1. The molecule has 1 atom stereocenters. The van der Waals surface area contributed by atoms with Gasteiger partial charge in [-0.3, -0.25) is 4.79 Å². The maximum atomic E-state index is 11.9. The highest BCUT2D eigenvalue weighted by Crippen LogP contribution is 2.30. The third-order valence-electron chi connectivity index (χ3n) is 4.32. The molecule has 5 heteroatoms. The number of carbonyl (C=O) groups excluding carboxylic acids is 2. The lowest BCUT2D eigenvalue weighted by molar-refractivity contribution is -0.142. The van der Waals surface area contributed by atoms with Gasteiger partial charge in [-0.05, 0) is 43.2 Å². The van der Waals surface area contributed by atoms with Crippen molar-refractivity contribution >= 4 is 23.4 Å². The highest BCUT2D eigenvalue weighted by atomic mass is 35.5. The standard InChI is InChI=1S/C21H29ClO4/c1-14(2)17-11-7-10-16(20(17)25-4)9-6-8-15(3)12-13-18(23)19(22)21(24)26-5/h7-8,10-11,14,19H,6,9,12-13H2,1-5H3/b15-8+. The Labute approximate surface area is 161 Å². The van der Waals surface area contributed by atoms with E-state index in [2.05, 4.69) is 42.9 Å². The number of hydrogen-bond acceptors (Lipinski definition) is 4. The predicted octanol–water partition coefficient (Wildman–Crippen LogP) is 4.83. The van der Waals surface area contributed by atoms with E-state index in [0.717, 1.165) is 24.2 Å². The van der Waals surface area contributed by atoms with Gasteiger partial charge in [-0.15, -0.1) is 11.6 Å². The number of esters is 1. The number of halogens is 1. The summed E-state index contributed by atoms with van der Waals surface area (Å²) >= 11 is 5.77. The number of carbonyl (C=O) groups is 2. The lowest BCUT2D eigenvalue weighted by Gasteiger charge is -2.15. The lowest BCUT2D eigenvalue weighted by atomic mass is 9.96. The van der Waals surface area contributed by atoms with Crippen LogP contribution in [0.2, 0.25) is 0 Å². The molecule has 1 rings (SSSR count). The summed E-state index contributed by atoms with van der Waals surface area (Å²) < 4.78 is 10.1. The summed E-state index contributed by atoms with van der Waals surface area (Å²) in [4.78, 5) is 23.1. The first-order valence-corrected chi connectivity index (χ1v) is 9.31. The van der Waals surface area contributed by atoms with Crippen LogP contribution < -0.4 is 4.74 Å². The van der Waals surface area contributed by atoms with Gasteiger partial charge < -0.3 is 9.47 Å². The van der Waals surface area contributed by atoms with Gasteiger partial charge in [0.15, 0.2) is 11.2 Å². The number of ketones is 1. The van der Waals surface area contributed by atoms with Gasteiger partial charge in [0.2, 0.25) is 0 Å². The van der Waals surface area contributed by atoms with Crippen LogP contribution in [0, 0.1) is 0 Å². The Morgan fingerprint density at radius 2 is 1.88 bits per heavy atom. The Hall–Kier alpha value is -1.81. The lowest BCUT2D eigenvalue weighted by Crippen LogP contribution is -2.25. The number of Topliss-reactive ketones (excluding diaryl/α,β-unsaturated/α-hetero) is 1. The second-order valence-corrected chi connectivity index (χ2v) is 7.07. The number of methoxy groups -OCH3 is 2. The molecule has 0 N–H and O–H groups in total. The first-order valence-electron chi connectivity index (χ1n) is 8.87. The van der Waals surface area contributed by atoms with E-state index in [4.69, 9.17) is 16.3 Å². The van der Waals surface area contributed by atoms with Gasteiger partial charge in [-0.1, -0.05) is 43.7 Å². The molecule has 0 bridgehead atoms. The zero-order chi connectivity index (χ0) is 19.7. The van der Waals surface area contributed by atoms with Crippen LogP contribution >= 0.6 is 11.6 Å². The normalized spacial score (nSPS) is 12.8. The molecular formula is C21H29ClO4. The van der Waals surface area contributed by atoms with Crippen LogP contribution in [0.5, 0.6) is 5.75 Å². The van der Waals surface area contributed by atoms with Gasteiger partial charge in [0.1, 0.15) is 5.75 Å².